The monoisotopic (exact) mass is 158 g/mol. The second-order valence-electron chi connectivity index (χ2n) is 2.49. The van der Waals surface area contributed by atoms with Crippen molar-refractivity contribution in [2.24, 2.45) is 0 Å². The molecule has 0 fully saturated rings. The maximum Gasteiger partial charge on any atom is 0.135 e. The summed E-state index contributed by atoms with van der Waals surface area (Å²) in [5.74, 6) is 0. The lowest BCUT2D eigenvalue weighted by Crippen LogP contribution is -2.23. The number of nitrogens with one attached hydrogen (secondary N) is 1. The molecule has 0 aliphatic heterocycles. The summed E-state index contributed by atoms with van der Waals surface area (Å²) in [4.78, 5) is 3.42. The SMILES string of the molecule is CCCN[Si]C[Si](C)C. The van der Waals surface area contributed by atoms with Crippen molar-refractivity contribution in [3.8, 4) is 0 Å². The number of hydrogen-bond donors (Lipinski definition) is 1. The van der Waals surface area contributed by atoms with Crippen molar-refractivity contribution in [3.63, 3.8) is 0 Å². The molecule has 0 rings (SSSR count). The van der Waals surface area contributed by atoms with Crippen LogP contribution in [0.5, 0.6) is 0 Å². The van der Waals surface area contributed by atoms with Gasteiger partial charge in [-0.3, -0.25) is 0 Å². The molecule has 0 saturated carbocycles. The predicted octanol–water partition coefficient (Wildman–Crippen LogP) is 1.32. The van der Waals surface area contributed by atoms with E-state index in [-0.39, 0.29) is 8.80 Å². The summed E-state index contributed by atoms with van der Waals surface area (Å²) in [6.07, 6.45) is 1.27. The van der Waals surface area contributed by atoms with Crippen LogP contribution in [0.1, 0.15) is 13.3 Å². The van der Waals surface area contributed by atoms with E-state index < -0.39 is 0 Å². The number of hydrogen-bond acceptors (Lipinski definition) is 1. The van der Waals surface area contributed by atoms with Crippen LogP contribution in [0, 0.1) is 0 Å². The van der Waals surface area contributed by atoms with E-state index in [1.165, 1.54) is 18.6 Å². The first-order chi connectivity index (χ1) is 4.27. The quantitative estimate of drug-likeness (QED) is 0.470. The molecule has 53 valence electrons. The molecule has 1 N–H and O–H groups in total. The summed E-state index contributed by atoms with van der Waals surface area (Å²) in [5.41, 5.74) is 1.44. The second kappa shape index (κ2) is 6.51. The Balaban J connectivity index is 2.75. The highest BCUT2D eigenvalue weighted by molar-refractivity contribution is 6.66. The Morgan fingerprint density at radius 3 is 2.56 bits per heavy atom. The van der Waals surface area contributed by atoms with Crippen LogP contribution in [0.4, 0.5) is 0 Å². The highest BCUT2D eigenvalue weighted by Gasteiger charge is 1.94. The minimum absolute atomic E-state index is 0.0347. The maximum absolute atomic E-state index is 3.42. The molecule has 1 nitrogen and oxygen atoms in total. The summed E-state index contributed by atoms with van der Waals surface area (Å²) < 4.78 is 0. The Hall–Kier alpha value is 0.394. The first-order valence-electron chi connectivity index (χ1n) is 3.52. The summed E-state index contributed by atoms with van der Waals surface area (Å²) >= 11 is 0. The lowest BCUT2D eigenvalue weighted by molar-refractivity contribution is 0.860. The summed E-state index contributed by atoms with van der Waals surface area (Å²) in [6.45, 7) is 8.14. The molecule has 0 aliphatic rings. The van der Waals surface area contributed by atoms with E-state index in [4.69, 9.17) is 0 Å². The van der Waals surface area contributed by atoms with Crippen LogP contribution < -0.4 is 4.98 Å². The van der Waals surface area contributed by atoms with Crippen LogP contribution in [0.2, 0.25) is 18.8 Å². The van der Waals surface area contributed by atoms with Crippen molar-refractivity contribution in [2.75, 3.05) is 6.54 Å². The zero-order valence-electron chi connectivity index (χ0n) is 6.62. The van der Waals surface area contributed by atoms with Gasteiger partial charge in [0.15, 0.2) is 0 Å². The van der Waals surface area contributed by atoms with Crippen molar-refractivity contribution in [3.05, 3.63) is 0 Å². The molecule has 0 bridgehead atoms. The zero-order chi connectivity index (χ0) is 7.11. The normalized spacial score (nSPS) is 10.7. The molecule has 0 unspecified atom stereocenters. The van der Waals surface area contributed by atoms with Crippen LogP contribution in [0.3, 0.4) is 0 Å². The van der Waals surface area contributed by atoms with Crippen molar-refractivity contribution < 1.29 is 0 Å². The Morgan fingerprint density at radius 2 is 2.11 bits per heavy atom. The third kappa shape index (κ3) is 8.39. The first-order valence-corrected chi connectivity index (χ1v) is 7.43. The molecular formula is C6H16NSi2. The lowest BCUT2D eigenvalue weighted by atomic mass is 10.5. The molecule has 0 spiro atoms. The van der Waals surface area contributed by atoms with E-state index in [0.717, 1.165) is 9.68 Å². The topological polar surface area (TPSA) is 12.0 Å². The van der Waals surface area contributed by atoms with E-state index in [0.29, 0.717) is 0 Å². The van der Waals surface area contributed by atoms with Crippen LogP contribution in [0.25, 0.3) is 0 Å². The molecule has 0 atom stereocenters. The van der Waals surface area contributed by atoms with E-state index in [9.17, 15) is 0 Å². The molecule has 0 saturated heterocycles. The lowest BCUT2D eigenvalue weighted by Gasteiger charge is -2.01. The summed E-state index contributed by atoms with van der Waals surface area (Å²) in [7, 11) is 1.05. The third-order valence-electron chi connectivity index (χ3n) is 0.942. The van der Waals surface area contributed by atoms with Gasteiger partial charge >= 0.3 is 0 Å². The van der Waals surface area contributed by atoms with E-state index in [1.54, 1.807) is 0 Å². The Morgan fingerprint density at radius 1 is 1.44 bits per heavy atom. The van der Waals surface area contributed by atoms with Crippen LogP contribution in [-0.2, 0) is 0 Å². The van der Waals surface area contributed by atoms with Crippen molar-refractivity contribution in [1.82, 2.24) is 4.98 Å². The molecule has 3 radical (unpaired) electrons. The largest absolute Gasteiger partial charge is 0.339 e. The Labute approximate surface area is 62.7 Å². The minimum atomic E-state index is 0.0347. The van der Waals surface area contributed by atoms with E-state index >= 15 is 0 Å². The number of rotatable bonds is 5. The van der Waals surface area contributed by atoms with Crippen molar-refractivity contribution in [1.29, 1.82) is 0 Å². The summed E-state index contributed by atoms with van der Waals surface area (Å²) in [5, 5.41) is 0. The zero-order valence-corrected chi connectivity index (χ0v) is 8.62. The summed E-state index contributed by atoms with van der Waals surface area (Å²) in [6, 6.07) is 0. The Bertz CT molecular complexity index is 57.0. The molecular weight excluding hydrogens is 142 g/mol. The highest BCUT2D eigenvalue weighted by Crippen LogP contribution is 1.84. The second-order valence-corrected chi connectivity index (χ2v) is 7.02. The Kier molecular flexibility index (Phi) is 6.80. The van der Waals surface area contributed by atoms with Gasteiger partial charge in [-0.05, 0) is 13.0 Å². The third-order valence-corrected chi connectivity index (χ3v) is 4.98. The van der Waals surface area contributed by atoms with Gasteiger partial charge in [0.1, 0.15) is 9.68 Å². The molecule has 0 heterocycles. The van der Waals surface area contributed by atoms with Crippen LogP contribution >= 0.6 is 0 Å². The van der Waals surface area contributed by atoms with Gasteiger partial charge in [-0.2, -0.15) is 0 Å². The van der Waals surface area contributed by atoms with Gasteiger partial charge in [0.05, 0.1) is 0 Å². The molecule has 0 aromatic carbocycles. The van der Waals surface area contributed by atoms with Crippen LogP contribution in [0.15, 0.2) is 0 Å². The average Bonchev–Trinajstić information content (AvgIpc) is 1.80. The molecule has 0 amide bonds. The average molecular weight is 158 g/mol. The van der Waals surface area contributed by atoms with Gasteiger partial charge in [0, 0.05) is 8.80 Å². The van der Waals surface area contributed by atoms with Gasteiger partial charge in [-0.25, -0.2) is 0 Å². The van der Waals surface area contributed by atoms with E-state index in [2.05, 4.69) is 25.0 Å². The fourth-order valence-corrected chi connectivity index (χ4v) is 2.79. The molecule has 3 heteroatoms. The van der Waals surface area contributed by atoms with Crippen molar-refractivity contribution in [2.45, 2.75) is 32.1 Å². The van der Waals surface area contributed by atoms with Crippen molar-refractivity contribution >= 4 is 18.5 Å². The minimum Gasteiger partial charge on any atom is -0.339 e. The molecule has 0 aromatic rings. The van der Waals surface area contributed by atoms with Crippen LogP contribution in [-0.4, -0.2) is 25.0 Å². The fourth-order valence-electron chi connectivity index (χ4n) is 0.453. The van der Waals surface area contributed by atoms with Gasteiger partial charge in [-0.1, -0.05) is 25.7 Å². The molecule has 0 aliphatic carbocycles. The van der Waals surface area contributed by atoms with Gasteiger partial charge in [0.25, 0.3) is 0 Å². The van der Waals surface area contributed by atoms with E-state index in [1.807, 2.05) is 0 Å². The molecule has 0 aromatic heterocycles. The highest BCUT2D eigenvalue weighted by atomic mass is 28.3. The predicted molar refractivity (Wildman–Crippen MR) is 46.3 cm³/mol. The molecule has 9 heavy (non-hydrogen) atoms. The first kappa shape index (κ1) is 9.39. The van der Waals surface area contributed by atoms with Gasteiger partial charge in [0.2, 0.25) is 0 Å². The van der Waals surface area contributed by atoms with Gasteiger partial charge < -0.3 is 4.98 Å². The standard InChI is InChI=1S/C6H16NSi2/c1-4-5-7-8-6-9(2)3/h7H,4-6H2,1-3H3. The smallest absolute Gasteiger partial charge is 0.135 e. The fraction of sp³-hybridized carbons (Fsp3) is 1.00. The maximum atomic E-state index is 3.42. The van der Waals surface area contributed by atoms with Gasteiger partial charge in [-0.15, -0.1) is 0 Å².